The second-order valence-corrected chi connectivity index (χ2v) is 15.6. The van der Waals surface area contributed by atoms with Gasteiger partial charge in [0, 0.05) is 19.6 Å². The molecule has 346 valence electrons. The number of nitrogens with one attached hydrogen (secondary N) is 3. The van der Waals surface area contributed by atoms with Crippen molar-refractivity contribution in [3.05, 3.63) is 17.7 Å². The van der Waals surface area contributed by atoms with Crippen molar-refractivity contribution in [1.29, 1.82) is 0 Å². The lowest BCUT2D eigenvalue weighted by molar-refractivity contribution is 0.0284. The van der Waals surface area contributed by atoms with Crippen LogP contribution in [0.1, 0.15) is 72.7 Å². The van der Waals surface area contributed by atoms with Gasteiger partial charge < -0.3 is 77.9 Å². The zero-order chi connectivity index (χ0) is 44.9. The van der Waals surface area contributed by atoms with Crippen molar-refractivity contribution in [2.45, 2.75) is 79.1 Å². The van der Waals surface area contributed by atoms with Crippen molar-refractivity contribution in [3.63, 3.8) is 0 Å². The van der Waals surface area contributed by atoms with E-state index in [-0.39, 0.29) is 142 Å². The Bertz CT molecular complexity index is 1310. The Morgan fingerprint density at radius 1 is 0.433 bits per heavy atom. The third-order valence-electron chi connectivity index (χ3n) is 6.57. The first-order chi connectivity index (χ1) is 28.3. The molecule has 0 saturated carbocycles. The van der Waals surface area contributed by atoms with E-state index in [0.717, 1.165) is 0 Å². The first kappa shape index (κ1) is 53.7. The monoisotopic (exact) mass is 863 g/mol. The molecule has 0 aliphatic rings. The highest BCUT2D eigenvalue weighted by molar-refractivity contribution is 5.89. The number of aromatic carboxylic acids is 1. The van der Waals surface area contributed by atoms with Gasteiger partial charge in [-0.1, -0.05) is 0 Å². The fourth-order valence-corrected chi connectivity index (χ4v) is 4.26. The zero-order valence-corrected chi connectivity index (χ0v) is 36.9. The molecule has 3 amide bonds. The standard InChI is InChI=1S/C40H69N3O17/c1-38(2,3)58-35(46)41-10-13-49-16-19-52-22-25-55-31-28-30(34(44)45)29-32(56-26-23-53-20-17-50-14-11-42-36(47)59-39(4,5)6)33(31)57-27-24-54-21-18-51-15-12-43-37(48)60-40(7,8)9/h28-29H,10-27H2,1-9H3,(H,41,46)(H,42,47)(H,43,48)(H,44,45). The summed E-state index contributed by atoms with van der Waals surface area (Å²) in [5, 5.41) is 17.6. The molecule has 0 unspecified atom stereocenters. The molecule has 0 fully saturated rings. The average molecular weight is 864 g/mol. The van der Waals surface area contributed by atoms with Crippen LogP contribution in [0.15, 0.2) is 12.1 Å². The third kappa shape index (κ3) is 30.7. The molecule has 0 aliphatic heterocycles. The van der Waals surface area contributed by atoms with Crippen molar-refractivity contribution in [2.75, 3.05) is 119 Å². The summed E-state index contributed by atoms with van der Waals surface area (Å²) < 4.78 is 66.6. The number of carbonyl (C=O) groups is 4. The van der Waals surface area contributed by atoms with Crippen molar-refractivity contribution in [1.82, 2.24) is 16.0 Å². The lowest BCUT2D eigenvalue weighted by Gasteiger charge is -2.19. The van der Waals surface area contributed by atoms with E-state index in [0.29, 0.717) is 0 Å². The molecule has 60 heavy (non-hydrogen) atoms. The normalized spacial score (nSPS) is 11.7. The van der Waals surface area contributed by atoms with E-state index >= 15 is 0 Å². The van der Waals surface area contributed by atoms with Crippen molar-refractivity contribution in [3.8, 4) is 17.2 Å². The van der Waals surface area contributed by atoms with Gasteiger partial charge in [-0.05, 0) is 74.4 Å². The summed E-state index contributed by atoms with van der Waals surface area (Å²) in [6, 6.07) is 2.66. The molecule has 0 bridgehead atoms. The lowest BCUT2D eigenvalue weighted by atomic mass is 10.2. The third-order valence-corrected chi connectivity index (χ3v) is 6.57. The summed E-state index contributed by atoms with van der Waals surface area (Å²) in [5.41, 5.74) is -1.87. The minimum Gasteiger partial charge on any atom is -0.487 e. The summed E-state index contributed by atoms with van der Waals surface area (Å²) in [6.07, 6.45) is -1.58. The number of carboxylic acid groups (broad SMARTS) is 1. The topological polar surface area (TPSA) is 235 Å². The second kappa shape index (κ2) is 29.8. The number of hydrogen-bond acceptors (Lipinski definition) is 16. The zero-order valence-electron chi connectivity index (χ0n) is 36.9. The number of carbonyl (C=O) groups excluding carboxylic acids is 3. The van der Waals surface area contributed by atoms with E-state index in [1.165, 1.54) is 12.1 Å². The molecule has 0 radical (unpaired) electrons. The maximum absolute atomic E-state index is 12.0. The molecule has 0 aliphatic carbocycles. The molecule has 1 rings (SSSR count). The van der Waals surface area contributed by atoms with Crippen LogP contribution in [-0.2, 0) is 42.6 Å². The molecule has 1 aromatic carbocycles. The summed E-state index contributed by atoms with van der Waals surface area (Å²) >= 11 is 0. The largest absolute Gasteiger partial charge is 0.487 e. The molecule has 20 heteroatoms. The predicted octanol–water partition coefficient (Wildman–Crippen LogP) is 4.19. The van der Waals surface area contributed by atoms with Crippen molar-refractivity contribution in [2.24, 2.45) is 0 Å². The molecule has 4 N–H and O–H groups in total. The smallest absolute Gasteiger partial charge is 0.407 e. The van der Waals surface area contributed by atoms with Crippen LogP contribution in [0, 0.1) is 0 Å². The van der Waals surface area contributed by atoms with Crippen LogP contribution in [0.3, 0.4) is 0 Å². The van der Waals surface area contributed by atoms with E-state index < -0.39 is 41.1 Å². The number of alkyl carbamates (subject to hydrolysis) is 3. The molecule has 0 atom stereocenters. The molecule has 20 nitrogen and oxygen atoms in total. The van der Waals surface area contributed by atoms with Crippen molar-refractivity contribution >= 4 is 24.2 Å². The van der Waals surface area contributed by atoms with E-state index in [2.05, 4.69) is 16.0 Å². The average Bonchev–Trinajstić information content (AvgIpc) is 3.12. The molecule has 0 saturated heterocycles. The van der Waals surface area contributed by atoms with E-state index in [4.69, 9.17) is 56.8 Å². The summed E-state index contributed by atoms with van der Waals surface area (Å²) in [5.74, 6) is -0.805. The molecule has 0 aromatic heterocycles. The predicted molar refractivity (Wildman–Crippen MR) is 218 cm³/mol. The van der Waals surface area contributed by atoms with Crippen LogP contribution < -0.4 is 30.2 Å². The molecular weight excluding hydrogens is 794 g/mol. The van der Waals surface area contributed by atoms with Crippen molar-refractivity contribution < 1.29 is 81.1 Å². The van der Waals surface area contributed by atoms with Gasteiger partial charge in [0.1, 0.15) is 36.6 Å². The van der Waals surface area contributed by atoms with E-state index in [1.807, 2.05) is 0 Å². The van der Waals surface area contributed by atoms with Gasteiger partial charge in [0.25, 0.3) is 0 Å². The first-order valence-corrected chi connectivity index (χ1v) is 19.9. The van der Waals surface area contributed by atoms with Gasteiger partial charge in [0.05, 0.1) is 84.8 Å². The van der Waals surface area contributed by atoms with Crippen LogP contribution in [0.2, 0.25) is 0 Å². The highest BCUT2D eigenvalue weighted by Gasteiger charge is 2.20. The Morgan fingerprint density at radius 2 is 0.700 bits per heavy atom. The van der Waals surface area contributed by atoms with Crippen LogP contribution in [0.25, 0.3) is 0 Å². The van der Waals surface area contributed by atoms with E-state index in [9.17, 15) is 24.3 Å². The second-order valence-electron chi connectivity index (χ2n) is 15.6. The minimum atomic E-state index is -1.20. The van der Waals surface area contributed by atoms with Gasteiger partial charge in [-0.25, -0.2) is 19.2 Å². The Kier molecular flexibility index (Phi) is 26.7. The fourth-order valence-electron chi connectivity index (χ4n) is 4.26. The maximum atomic E-state index is 12.0. The van der Waals surface area contributed by atoms with Crippen LogP contribution >= 0.6 is 0 Å². The minimum absolute atomic E-state index is 0.0477. The van der Waals surface area contributed by atoms with Crippen LogP contribution in [0.5, 0.6) is 17.2 Å². The highest BCUT2D eigenvalue weighted by atomic mass is 16.6. The van der Waals surface area contributed by atoms with Gasteiger partial charge in [0.2, 0.25) is 5.75 Å². The first-order valence-electron chi connectivity index (χ1n) is 19.9. The lowest BCUT2D eigenvalue weighted by Crippen LogP contribution is -2.34. The Labute approximate surface area is 353 Å². The highest BCUT2D eigenvalue weighted by Crippen LogP contribution is 2.39. The Balaban J connectivity index is 2.64. The number of rotatable bonds is 31. The molecule has 1 aromatic rings. The Morgan fingerprint density at radius 3 is 0.983 bits per heavy atom. The van der Waals surface area contributed by atoms with E-state index in [1.54, 1.807) is 62.3 Å². The van der Waals surface area contributed by atoms with Gasteiger partial charge in [-0.2, -0.15) is 0 Å². The quantitative estimate of drug-likeness (QED) is 0.0605. The van der Waals surface area contributed by atoms with Crippen LogP contribution in [0.4, 0.5) is 14.4 Å². The fraction of sp³-hybridized carbons (Fsp3) is 0.750. The van der Waals surface area contributed by atoms with Gasteiger partial charge in [-0.3, -0.25) is 0 Å². The Hall–Kier alpha value is -4.34. The number of hydrogen-bond donors (Lipinski definition) is 4. The van der Waals surface area contributed by atoms with Gasteiger partial charge in [-0.15, -0.1) is 0 Å². The molecular formula is C40H69N3O17. The number of benzene rings is 1. The number of ether oxygens (including phenoxy) is 12. The van der Waals surface area contributed by atoms with Gasteiger partial charge >= 0.3 is 24.2 Å². The summed E-state index contributed by atoms with van der Waals surface area (Å²) in [6.45, 7) is 19.8. The van der Waals surface area contributed by atoms with Crippen LogP contribution in [-0.4, -0.2) is 165 Å². The van der Waals surface area contributed by atoms with Gasteiger partial charge in [0.15, 0.2) is 11.5 Å². The number of carboxylic acids is 1. The SMILES string of the molecule is CC(C)(C)OC(=O)NCCOCCOCCOc1cc(C(=O)O)cc(OCCOCCOCCNC(=O)OC(C)(C)C)c1OCCOCCOCCNC(=O)OC(C)(C)C. The number of amides is 3. The molecule has 0 heterocycles. The maximum Gasteiger partial charge on any atom is 0.407 e. The molecule has 0 spiro atoms. The summed E-state index contributed by atoms with van der Waals surface area (Å²) in [7, 11) is 0. The summed E-state index contributed by atoms with van der Waals surface area (Å²) in [4.78, 5) is 47.2.